The van der Waals surface area contributed by atoms with Gasteiger partial charge < -0.3 is 33.4 Å². The molecule has 1 aliphatic rings. The maximum Gasteiger partial charge on any atom is 0.258 e. The van der Waals surface area contributed by atoms with Crippen molar-refractivity contribution in [3.8, 4) is 34.3 Å². The smallest absolute Gasteiger partial charge is 0.258 e. The van der Waals surface area contributed by atoms with E-state index in [1.165, 1.54) is 12.1 Å². The molecule has 11 heteroatoms. The fraction of sp³-hybridized carbons (Fsp3) is 0.233. The fourth-order valence-electron chi connectivity index (χ4n) is 4.74. The number of ether oxygens (including phenoxy) is 3. The van der Waals surface area contributed by atoms with Crippen molar-refractivity contribution in [1.29, 1.82) is 0 Å². The van der Waals surface area contributed by atoms with Gasteiger partial charge in [0.1, 0.15) is 28.7 Å². The lowest BCUT2D eigenvalue weighted by Gasteiger charge is -2.30. The van der Waals surface area contributed by atoms with Gasteiger partial charge in [-0.25, -0.2) is 4.39 Å². The second-order valence-electron chi connectivity index (χ2n) is 9.34. The average Bonchev–Trinajstić information content (AvgIpc) is 3.65. The lowest BCUT2D eigenvalue weighted by Crippen LogP contribution is -2.36. The highest BCUT2D eigenvalue weighted by molar-refractivity contribution is 6.12. The molecule has 1 N–H and O–H groups in total. The molecule has 1 aliphatic heterocycles. The van der Waals surface area contributed by atoms with Crippen LogP contribution in [0.25, 0.3) is 33.7 Å². The number of benzene rings is 3. The average molecular weight is 559 g/mol. The molecule has 3 heterocycles. The molecule has 41 heavy (non-hydrogen) atoms. The number of methoxy groups -OCH3 is 1. The zero-order valence-corrected chi connectivity index (χ0v) is 22.5. The number of aromatic nitrogens is 2. The van der Waals surface area contributed by atoms with Gasteiger partial charge in [-0.15, -0.1) is 0 Å². The molecule has 5 aromatic rings. The molecule has 0 atom stereocenters. The van der Waals surface area contributed by atoms with Crippen LogP contribution in [0.3, 0.4) is 0 Å². The summed E-state index contributed by atoms with van der Waals surface area (Å²) in [6, 6.07) is 16.7. The van der Waals surface area contributed by atoms with Crippen LogP contribution in [-0.2, 0) is 11.3 Å². The van der Waals surface area contributed by atoms with Crippen LogP contribution in [0.2, 0.25) is 0 Å². The molecule has 6 rings (SSSR count). The van der Waals surface area contributed by atoms with Crippen LogP contribution < -0.4 is 19.7 Å². The van der Waals surface area contributed by atoms with Crippen LogP contribution in [0, 0.1) is 5.82 Å². The maximum atomic E-state index is 13.6. The molecule has 0 saturated carbocycles. The molecule has 1 amide bonds. The lowest BCUT2D eigenvalue weighted by atomic mass is 10.0. The molecule has 210 valence electrons. The Morgan fingerprint density at radius 1 is 1.05 bits per heavy atom. The first-order chi connectivity index (χ1) is 20.0. The van der Waals surface area contributed by atoms with Crippen LogP contribution in [0.1, 0.15) is 16.2 Å². The van der Waals surface area contributed by atoms with Crippen molar-refractivity contribution < 1.29 is 32.3 Å². The summed E-state index contributed by atoms with van der Waals surface area (Å²) in [5, 5.41) is 7.31. The predicted octanol–water partition coefficient (Wildman–Crippen LogP) is 5.07. The van der Waals surface area contributed by atoms with Crippen molar-refractivity contribution in [2.75, 3.05) is 45.4 Å². The highest BCUT2D eigenvalue weighted by Gasteiger charge is 2.26. The minimum atomic E-state index is -0.381. The first-order valence-electron chi connectivity index (χ1n) is 13.0. The summed E-state index contributed by atoms with van der Waals surface area (Å²) in [6.45, 7) is 2.46. The number of fused-ring (bicyclic) bond motifs is 1. The molecule has 10 nitrogen and oxygen atoms in total. The minimum Gasteiger partial charge on any atom is -0.497 e. The molecule has 0 bridgehead atoms. The number of carbonyl (C=O) groups is 1. The topological polar surface area (TPSA) is 112 Å². The van der Waals surface area contributed by atoms with Gasteiger partial charge in [-0.2, -0.15) is 4.98 Å². The van der Waals surface area contributed by atoms with E-state index in [0.717, 1.165) is 17.0 Å². The number of halogens is 1. The number of amides is 1. The molecule has 0 radical (unpaired) electrons. The number of carbonyl (C=O) groups excluding carboxylic acids is 1. The number of rotatable bonds is 8. The Bertz CT molecular complexity index is 1670. The summed E-state index contributed by atoms with van der Waals surface area (Å²) in [6.07, 6.45) is 0. The Hall–Kier alpha value is -4.90. The molecule has 3 aromatic carbocycles. The Morgan fingerprint density at radius 3 is 2.49 bits per heavy atom. The van der Waals surface area contributed by atoms with Crippen molar-refractivity contribution in [3.05, 3.63) is 77.9 Å². The number of furan rings is 1. The van der Waals surface area contributed by atoms with Crippen molar-refractivity contribution in [1.82, 2.24) is 15.5 Å². The molecule has 2 aromatic heterocycles. The van der Waals surface area contributed by atoms with Crippen LogP contribution in [-0.4, -0.2) is 56.5 Å². The van der Waals surface area contributed by atoms with E-state index in [0.29, 0.717) is 71.6 Å². The number of hydrogen-bond donors (Lipinski definition) is 1. The van der Waals surface area contributed by atoms with Crippen LogP contribution in [0.5, 0.6) is 11.5 Å². The zero-order valence-electron chi connectivity index (χ0n) is 22.5. The molecule has 0 aliphatic carbocycles. The van der Waals surface area contributed by atoms with E-state index in [4.69, 9.17) is 23.2 Å². The van der Waals surface area contributed by atoms with E-state index in [1.807, 2.05) is 30.3 Å². The number of hydrogen-bond acceptors (Lipinski definition) is 9. The van der Waals surface area contributed by atoms with E-state index in [-0.39, 0.29) is 18.3 Å². The van der Waals surface area contributed by atoms with E-state index >= 15 is 0 Å². The second-order valence-corrected chi connectivity index (χ2v) is 9.34. The molecular weight excluding hydrogens is 531 g/mol. The summed E-state index contributed by atoms with van der Waals surface area (Å²) in [5.74, 6) is 1.58. The lowest BCUT2D eigenvalue weighted by molar-refractivity contribution is 0.0964. The predicted molar refractivity (Wildman–Crippen MR) is 149 cm³/mol. The minimum absolute atomic E-state index is 0.0283. The number of morpholine rings is 1. The Kier molecular flexibility index (Phi) is 7.26. The summed E-state index contributed by atoms with van der Waals surface area (Å²) in [4.78, 5) is 19.7. The van der Waals surface area contributed by atoms with Gasteiger partial charge in [0.2, 0.25) is 5.82 Å². The quantitative estimate of drug-likeness (QED) is 0.279. The number of nitrogens with zero attached hydrogens (tertiary/aromatic N) is 3. The summed E-state index contributed by atoms with van der Waals surface area (Å²) in [5.41, 5.74) is 2.94. The molecule has 0 spiro atoms. The van der Waals surface area contributed by atoms with Crippen LogP contribution in [0.15, 0.2) is 69.6 Å². The van der Waals surface area contributed by atoms with Gasteiger partial charge in [0.15, 0.2) is 6.61 Å². The Labute approximate surface area is 234 Å². The van der Waals surface area contributed by atoms with Crippen molar-refractivity contribution in [2.45, 2.75) is 6.61 Å². The zero-order chi connectivity index (χ0) is 28.3. The van der Waals surface area contributed by atoms with Crippen molar-refractivity contribution in [3.63, 3.8) is 0 Å². The summed E-state index contributed by atoms with van der Waals surface area (Å²) < 4.78 is 42.3. The maximum absolute atomic E-state index is 13.6. The fourth-order valence-corrected chi connectivity index (χ4v) is 4.74. The van der Waals surface area contributed by atoms with Crippen LogP contribution >= 0.6 is 0 Å². The highest BCUT2D eigenvalue weighted by atomic mass is 19.1. The molecule has 1 saturated heterocycles. The molecule has 0 unspecified atom stereocenters. The Morgan fingerprint density at radius 2 is 1.78 bits per heavy atom. The Balaban J connectivity index is 1.37. The summed E-state index contributed by atoms with van der Waals surface area (Å²) >= 11 is 0. The SMILES string of the molecule is CNC(=O)c1c(-c2ccc(F)cc2)oc2cc(N3CCOCC3)c(OCc3noc(-c4ccc(OC)cc4)n3)cc12. The molecule has 1 fully saturated rings. The van der Waals surface area contributed by atoms with Crippen molar-refractivity contribution in [2.24, 2.45) is 0 Å². The van der Waals surface area contributed by atoms with E-state index < -0.39 is 0 Å². The largest absolute Gasteiger partial charge is 0.497 e. The summed E-state index contributed by atoms with van der Waals surface area (Å²) in [7, 11) is 3.15. The van der Waals surface area contributed by atoms with Gasteiger partial charge in [-0.05, 0) is 54.6 Å². The second kappa shape index (κ2) is 11.3. The standard InChI is InChI=1S/C30H27FN4O6/c1-32-29(36)27-22-15-25(39-17-26-33-30(41-34-26)19-5-9-21(37-2)10-6-19)23(35-11-13-38-14-12-35)16-24(22)40-28(27)18-3-7-20(31)8-4-18/h3-10,15-16H,11-14,17H2,1-2H3,(H,32,36). The third-order valence-corrected chi connectivity index (χ3v) is 6.84. The van der Waals surface area contributed by atoms with Gasteiger partial charge in [-0.1, -0.05) is 5.16 Å². The monoisotopic (exact) mass is 558 g/mol. The number of anilines is 1. The van der Waals surface area contributed by atoms with Crippen LogP contribution in [0.4, 0.5) is 10.1 Å². The first kappa shape index (κ1) is 26.3. The van der Waals surface area contributed by atoms with E-state index in [1.54, 1.807) is 32.4 Å². The third kappa shape index (κ3) is 5.31. The highest BCUT2D eigenvalue weighted by Crippen LogP contribution is 2.41. The van der Waals surface area contributed by atoms with Gasteiger partial charge in [0.25, 0.3) is 11.8 Å². The van der Waals surface area contributed by atoms with Gasteiger partial charge in [0, 0.05) is 42.7 Å². The van der Waals surface area contributed by atoms with Gasteiger partial charge in [-0.3, -0.25) is 4.79 Å². The van der Waals surface area contributed by atoms with Crippen molar-refractivity contribution >= 4 is 22.6 Å². The van der Waals surface area contributed by atoms with Gasteiger partial charge >= 0.3 is 0 Å². The number of nitrogens with one attached hydrogen (secondary N) is 1. The third-order valence-electron chi connectivity index (χ3n) is 6.84. The first-order valence-corrected chi connectivity index (χ1v) is 13.0. The molecular formula is C30H27FN4O6. The van der Waals surface area contributed by atoms with E-state index in [9.17, 15) is 9.18 Å². The van der Waals surface area contributed by atoms with Gasteiger partial charge in [0.05, 0.1) is 31.6 Å². The van der Waals surface area contributed by atoms with E-state index in [2.05, 4.69) is 20.4 Å². The normalized spacial score (nSPS) is 13.4.